The molecule has 0 aliphatic heterocycles. The second kappa shape index (κ2) is 4.13. The van der Waals surface area contributed by atoms with Crippen molar-refractivity contribution in [2.45, 2.75) is 0 Å². The van der Waals surface area contributed by atoms with E-state index in [1.54, 1.807) is 42.5 Å². The molecule has 0 unspecified atom stereocenters. The zero-order valence-corrected chi connectivity index (χ0v) is 9.71. The summed E-state index contributed by atoms with van der Waals surface area (Å²) in [5.74, 6) is -0.503. The van der Waals surface area contributed by atoms with E-state index in [9.17, 15) is 14.5 Å². The van der Waals surface area contributed by atoms with Crippen LogP contribution in [0.1, 0.15) is 31.8 Å². The van der Waals surface area contributed by atoms with Gasteiger partial charge in [-0.15, -0.1) is 4.91 Å². The van der Waals surface area contributed by atoms with Crippen LogP contribution in [0.5, 0.6) is 0 Å². The summed E-state index contributed by atoms with van der Waals surface area (Å²) in [6.07, 6.45) is 0. The minimum absolute atomic E-state index is 0.200. The fraction of sp³-hybridized carbons (Fsp3) is 0. The number of ketones is 2. The molecule has 0 atom stereocenters. The van der Waals surface area contributed by atoms with Crippen molar-refractivity contribution in [3.8, 4) is 0 Å². The molecule has 92 valence electrons. The molecular formula is C14H8N2O3. The highest BCUT2D eigenvalue weighted by Gasteiger charge is 2.31. The summed E-state index contributed by atoms with van der Waals surface area (Å²) in [4.78, 5) is 35.1. The van der Waals surface area contributed by atoms with E-state index in [0.29, 0.717) is 11.1 Å². The molecule has 1 N–H and O–H groups in total. The van der Waals surface area contributed by atoms with E-state index in [1.165, 1.54) is 0 Å². The van der Waals surface area contributed by atoms with Gasteiger partial charge in [0, 0.05) is 16.7 Å². The maximum atomic E-state index is 12.4. The SMILES string of the molecule is O=NNc1cccc2c1C(=O)c1ccccc1C2=O. The number of nitroso groups, excluding NO2 is 1. The number of nitrogens with one attached hydrogen (secondary N) is 1. The van der Waals surface area contributed by atoms with Gasteiger partial charge in [-0.1, -0.05) is 36.4 Å². The van der Waals surface area contributed by atoms with E-state index in [-0.39, 0.29) is 28.4 Å². The average molecular weight is 252 g/mol. The third-order valence-electron chi connectivity index (χ3n) is 3.12. The summed E-state index contributed by atoms with van der Waals surface area (Å²) in [5.41, 5.74) is 3.69. The maximum Gasteiger partial charge on any atom is 0.196 e. The summed E-state index contributed by atoms with van der Waals surface area (Å²) >= 11 is 0. The topological polar surface area (TPSA) is 75.6 Å². The first-order valence-electron chi connectivity index (χ1n) is 5.64. The molecule has 0 heterocycles. The number of rotatable bonds is 2. The molecule has 1 aliphatic rings. The Morgan fingerprint density at radius 1 is 0.789 bits per heavy atom. The molecule has 0 saturated carbocycles. The third-order valence-corrected chi connectivity index (χ3v) is 3.12. The molecule has 2 aromatic rings. The van der Waals surface area contributed by atoms with E-state index >= 15 is 0 Å². The molecule has 5 nitrogen and oxygen atoms in total. The Kier molecular flexibility index (Phi) is 2.45. The Morgan fingerprint density at radius 3 is 2.11 bits per heavy atom. The Morgan fingerprint density at radius 2 is 1.42 bits per heavy atom. The van der Waals surface area contributed by atoms with Crippen LogP contribution in [0.2, 0.25) is 0 Å². The van der Waals surface area contributed by atoms with Gasteiger partial charge in [-0.3, -0.25) is 9.59 Å². The van der Waals surface area contributed by atoms with E-state index in [0.717, 1.165) is 0 Å². The number of fused-ring (bicyclic) bond motifs is 2. The van der Waals surface area contributed by atoms with Gasteiger partial charge in [0.05, 0.1) is 16.5 Å². The van der Waals surface area contributed by atoms with Crippen molar-refractivity contribution in [1.82, 2.24) is 0 Å². The average Bonchev–Trinajstić information content (AvgIpc) is 2.45. The minimum Gasteiger partial charge on any atom is -0.289 e. The molecule has 5 heteroatoms. The summed E-state index contributed by atoms with van der Waals surface area (Å²) < 4.78 is 0. The molecule has 2 aromatic carbocycles. The normalized spacial score (nSPS) is 12.6. The number of anilines is 1. The minimum atomic E-state index is -0.281. The first-order chi connectivity index (χ1) is 9.24. The molecule has 0 aromatic heterocycles. The first kappa shape index (κ1) is 11.3. The molecule has 0 spiro atoms. The van der Waals surface area contributed by atoms with Gasteiger partial charge in [0.25, 0.3) is 0 Å². The second-order valence-electron chi connectivity index (χ2n) is 4.14. The Hall–Kier alpha value is -2.82. The summed E-state index contributed by atoms with van der Waals surface area (Å²) in [7, 11) is 0. The van der Waals surface area contributed by atoms with Crippen molar-refractivity contribution < 1.29 is 9.59 Å². The van der Waals surface area contributed by atoms with Crippen LogP contribution in [-0.4, -0.2) is 11.6 Å². The van der Waals surface area contributed by atoms with E-state index in [4.69, 9.17) is 0 Å². The molecule has 1 aliphatic carbocycles. The molecule has 3 rings (SSSR count). The highest BCUT2D eigenvalue weighted by Crippen LogP contribution is 2.31. The smallest absolute Gasteiger partial charge is 0.196 e. The number of carbonyl (C=O) groups excluding carboxylic acids is 2. The predicted octanol–water partition coefficient (Wildman–Crippen LogP) is 2.56. The molecule has 0 radical (unpaired) electrons. The van der Waals surface area contributed by atoms with Crippen molar-refractivity contribution >= 4 is 17.3 Å². The molecular weight excluding hydrogens is 244 g/mol. The van der Waals surface area contributed by atoms with Crippen LogP contribution in [0.15, 0.2) is 47.8 Å². The lowest BCUT2D eigenvalue weighted by molar-refractivity contribution is 0.0979. The molecule has 19 heavy (non-hydrogen) atoms. The van der Waals surface area contributed by atoms with Gasteiger partial charge in [-0.2, -0.15) is 0 Å². The van der Waals surface area contributed by atoms with E-state index in [2.05, 4.69) is 10.7 Å². The fourth-order valence-electron chi connectivity index (χ4n) is 2.29. The lowest BCUT2D eigenvalue weighted by Gasteiger charge is -2.18. The predicted molar refractivity (Wildman–Crippen MR) is 69.2 cm³/mol. The van der Waals surface area contributed by atoms with Crippen LogP contribution < -0.4 is 5.43 Å². The van der Waals surface area contributed by atoms with Crippen molar-refractivity contribution in [3.05, 3.63) is 69.6 Å². The van der Waals surface area contributed by atoms with Crippen LogP contribution in [0.3, 0.4) is 0 Å². The van der Waals surface area contributed by atoms with Crippen LogP contribution in [0.25, 0.3) is 0 Å². The van der Waals surface area contributed by atoms with Crippen molar-refractivity contribution in [2.24, 2.45) is 5.29 Å². The first-order valence-corrected chi connectivity index (χ1v) is 5.64. The summed E-state index contributed by atoms with van der Waals surface area (Å²) in [5, 5.41) is 2.57. The number of benzene rings is 2. The van der Waals surface area contributed by atoms with Crippen molar-refractivity contribution in [3.63, 3.8) is 0 Å². The van der Waals surface area contributed by atoms with Crippen LogP contribution in [0, 0.1) is 4.91 Å². The van der Waals surface area contributed by atoms with Crippen LogP contribution >= 0.6 is 0 Å². The Labute approximate surface area is 108 Å². The van der Waals surface area contributed by atoms with Gasteiger partial charge in [-0.25, -0.2) is 5.43 Å². The standard InChI is InChI=1S/C14H8N2O3/c17-13-8-4-1-2-5-9(8)14(18)12-10(13)6-3-7-11(12)15-16-19/h1-7H,(H,15,19). The van der Waals surface area contributed by atoms with Crippen LogP contribution in [-0.2, 0) is 0 Å². The summed E-state index contributed by atoms with van der Waals surface area (Å²) in [6.45, 7) is 0. The van der Waals surface area contributed by atoms with E-state index < -0.39 is 0 Å². The zero-order valence-electron chi connectivity index (χ0n) is 9.71. The van der Waals surface area contributed by atoms with Gasteiger partial charge in [0.1, 0.15) is 0 Å². The fourth-order valence-corrected chi connectivity index (χ4v) is 2.29. The lowest BCUT2D eigenvalue weighted by atomic mass is 9.83. The highest BCUT2D eigenvalue weighted by atomic mass is 16.3. The number of hydrogen-bond donors (Lipinski definition) is 1. The number of hydrogen-bond acceptors (Lipinski definition) is 4. The molecule has 0 saturated heterocycles. The summed E-state index contributed by atoms with van der Waals surface area (Å²) in [6, 6.07) is 11.3. The van der Waals surface area contributed by atoms with Crippen molar-refractivity contribution in [1.29, 1.82) is 0 Å². The van der Waals surface area contributed by atoms with Gasteiger partial charge < -0.3 is 0 Å². The lowest BCUT2D eigenvalue weighted by Crippen LogP contribution is -2.21. The zero-order chi connectivity index (χ0) is 13.4. The highest BCUT2D eigenvalue weighted by molar-refractivity contribution is 6.30. The Balaban J connectivity index is 2.29. The van der Waals surface area contributed by atoms with Crippen LogP contribution in [0.4, 0.5) is 5.69 Å². The van der Waals surface area contributed by atoms with E-state index in [1.807, 2.05) is 0 Å². The second-order valence-corrected chi connectivity index (χ2v) is 4.14. The maximum absolute atomic E-state index is 12.4. The van der Waals surface area contributed by atoms with Crippen molar-refractivity contribution in [2.75, 3.05) is 5.43 Å². The molecule has 0 bridgehead atoms. The van der Waals surface area contributed by atoms with Gasteiger partial charge in [-0.05, 0) is 6.07 Å². The monoisotopic (exact) mass is 252 g/mol. The van der Waals surface area contributed by atoms with Gasteiger partial charge in [0.2, 0.25) is 0 Å². The quantitative estimate of drug-likeness (QED) is 0.561. The van der Waals surface area contributed by atoms with Gasteiger partial charge >= 0.3 is 0 Å². The Bertz CT molecular complexity index is 722. The van der Waals surface area contributed by atoms with Gasteiger partial charge in [0.15, 0.2) is 11.6 Å². The third kappa shape index (κ3) is 1.55. The molecule has 0 fully saturated rings. The number of nitrogens with zero attached hydrogens (tertiary/aromatic N) is 1. The number of carbonyl (C=O) groups is 2. The largest absolute Gasteiger partial charge is 0.289 e. The molecule has 0 amide bonds.